The summed E-state index contributed by atoms with van der Waals surface area (Å²) in [6, 6.07) is 11.7. The molecular weight excluding hydrogens is 452 g/mol. The van der Waals surface area contributed by atoms with Gasteiger partial charge in [-0.1, -0.05) is 29.0 Å². The molecule has 2 heterocycles. The minimum Gasteiger partial charge on any atom is -0.427 e. The third kappa shape index (κ3) is 4.79. The predicted molar refractivity (Wildman–Crippen MR) is 122 cm³/mol. The monoisotopic (exact) mass is 470 g/mol. The van der Waals surface area contributed by atoms with E-state index < -0.39 is 5.97 Å². The van der Waals surface area contributed by atoms with Crippen LogP contribution in [0.4, 0.5) is 10.8 Å². The summed E-state index contributed by atoms with van der Waals surface area (Å²) < 4.78 is 4.96. The highest BCUT2D eigenvalue weighted by Crippen LogP contribution is 2.35. The zero-order valence-electron chi connectivity index (χ0n) is 17.3. The maximum absolute atomic E-state index is 12.6. The third-order valence-corrected chi connectivity index (χ3v) is 6.39. The molecule has 4 rings (SSSR count). The fourth-order valence-corrected chi connectivity index (χ4v) is 4.34. The number of halogens is 1. The van der Waals surface area contributed by atoms with Gasteiger partial charge in [0.1, 0.15) is 10.8 Å². The first kappa shape index (κ1) is 21.9. The summed E-state index contributed by atoms with van der Waals surface area (Å²) in [6.07, 6.45) is 0.311. The molecule has 1 aromatic heterocycles. The number of hydrogen-bond donors (Lipinski definition) is 1. The first-order chi connectivity index (χ1) is 15.3. The average molecular weight is 471 g/mol. The van der Waals surface area contributed by atoms with E-state index in [0.29, 0.717) is 39.4 Å². The smallest absolute Gasteiger partial charge is 0.308 e. The number of rotatable bonds is 5. The summed E-state index contributed by atoms with van der Waals surface area (Å²) in [6.45, 7) is 3.69. The minimum atomic E-state index is -0.432. The van der Waals surface area contributed by atoms with Gasteiger partial charge in [0, 0.05) is 42.1 Å². The van der Waals surface area contributed by atoms with Crippen LogP contribution >= 0.6 is 22.9 Å². The molecule has 0 saturated carbocycles. The first-order valence-electron chi connectivity index (χ1n) is 9.80. The van der Waals surface area contributed by atoms with E-state index >= 15 is 0 Å². The normalized spacial score (nSPS) is 15.7. The number of carbonyl (C=O) groups is 3. The van der Waals surface area contributed by atoms with Gasteiger partial charge in [-0.05, 0) is 48.9 Å². The Bertz CT molecular complexity index is 1190. The Balaban J connectivity index is 1.41. The van der Waals surface area contributed by atoms with E-state index in [1.54, 1.807) is 23.1 Å². The van der Waals surface area contributed by atoms with Crippen molar-refractivity contribution in [2.75, 3.05) is 16.8 Å². The number of ether oxygens (including phenoxy) is 1. The number of aromatic nitrogens is 2. The lowest BCUT2D eigenvalue weighted by molar-refractivity contribution is -0.131. The van der Waals surface area contributed by atoms with E-state index in [1.165, 1.54) is 30.4 Å². The molecule has 1 saturated heterocycles. The summed E-state index contributed by atoms with van der Waals surface area (Å²) >= 11 is 7.45. The number of hydrogen-bond acceptors (Lipinski definition) is 7. The van der Waals surface area contributed by atoms with Crippen molar-refractivity contribution < 1.29 is 19.1 Å². The number of amides is 2. The molecule has 0 unspecified atom stereocenters. The summed E-state index contributed by atoms with van der Waals surface area (Å²) in [7, 11) is 0. The Labute approximate surface area is 193 Å². The molecule has 0 spiro atoms. The average Bonchev–Trinajstić information content (AvgIpc) is 3.36. The molecule has 1 aliphatic heterocycles. The summed E-state index contributed by atoms with van der Waals surface area (Å²) in [5.74, 6) is -0.562. The second kappa shape index (κ2) is 9.05. The van der Waals surface area contributed by atoms with Gasteiger partial charge in [-0.3, -0.25) is 19.7 Å². The molecule has 0 bridgehead atoms. The third-order valence-electron chi connectivity index (χ3n) is 4.98. The molecule has 0 aliphatic carbocycles. The van der Waals surface area contributed by atoms with Crippen LogP contribution in [0.3, 0.4) is 0 Å². The van der Waals surface area contributed by atoms with Crippen molar-refractivity contribution >= 4 is 51.5 Å². The number of esters is 1. The van der Waals surface area contributed by atoms with Crippen LogP contribution < -0.4 is 15.0 Å². The fourth-order valence-electron chi connectivity index (χ4n) is 3.33. The van der Waals surface area contributed by atoms with Crippen LogP contribution in [0.1, 0.15) is 40.2 Å². The van der Waals surface area contributed by atoms with Crippen molar-refractivity contribution in [2.24, 2.45) is 0 Å². The van der Waals surface area contributed by atoms with Crippen LogP contribution in [0.5, 0.6) is 5.75 Å². The Morgan fingerprint density at radius 1 is 1.19 bits per heavy atom. The number of aryl methyl sites for hydroxylation is 1. The zero-order chi connectivity index (χ0) is 22.8. The SMILES string of the molecule is CC(=O)Oc1ccc(C(=O)Nc2nnc([C@@H]3CC(=O)N(c4ccc(C)c(Cl)c4)C3)s2)cc1. The lowest BCUT2D eigenvalue weighted by Crippen LogP contribution is -2.24. The van der Waals surface area contributed by atoms with Gasteiger partial charge in [0.2, 0.25) is 11.0 Å². The summed E-state index contributed by atoms with van der Waals surface area (Å²) in [5, 5.41) is 12.6. The van der Waals surface area contributed by atoms with Gasteiger partial charge in [0.25, 0.3) is 5.91 Å². The molecule has 3 aromatic rings. The lowest BCUT2D eigenvalue weighted by Gasteiger charge is -2.17. The highest BCUT2D eigenvalue weighted by molar-refractivity contribution is 7.15. The van der Waals surface area contributed by atoms with Gasteiger partial charge in [-0.25, -0.2) is 0 Å². The van der Waals surface area contributed by atoms with Gasteiger partial charge in [-0.15, -0.1) is 10.2 Å². The Morgan fingerprint density at radius 3 is 2.62 bits per heavy atom. The van der Waals surface area contributed by atoms with Crippen molar-refractivity contribution in [1.82, 2.24) is 10.2 Å². The van der Waals surface area contributed by atoms with Crippen molar-refractivity contribution in [3.63, 3.8) is 0 Å². The highest BCUT2D eigenvalue weighted by Gasteiger charge is 2.34. The standard InChI is InChI=1S/C22H19ClN4O4S/c1-12-3-6-16(10-18(12)23)27-11-15(9-19(27)29)21-25-26-22(32-21)24-20(30)14-4-7-17(8-5-14)31-13(2)28/h3-8,10,15H,9,11H2,1-2H3,(H,24,26,30)/t15-/m1/s1. The molecule has 1 atom stereocenters. The van der Waals surface area contributed by atoms with Crippen LogP contribution in [0.2, 0.25) is 5.02 Å². The number of nitrogens with one attached hydrogen (secondary N) is 1. The van der Waals surface area contributed by atoms with E-state index in [9.17, 15) is 14.4 Å². The Hall–Kier alpha value is -3.30. The van der Waals surface area contributed by atoms with Gasteiger partial charge < -0.3 is 9.64 Å². The lowest BCUT2D eigenvalue weighted by atomic mass is 10.1. The zero-order valence-corrected chi connectivity index (χ0v) is 18.9. The van der Waals surface area contributed by atoms with Crippen molar-refractivity contribution in [1.29, 1.82) is 0 Å². The van der Waals surface area contributed by atoms with Crippen molar-refractivity contribution in [3.8, 4) is 5.75 Å². The molecule has 0 radical (unpaired) electrons. The van der Waals surface area contributed by atoms with Crippen LogP contribution in [0, 0.1) is 6.92 Å². The maximum atomic E-state index is 12.6. The molecule has 10 heteroatoms. The molecule has 2 amide bonds. The van der Waals surface area contributed by atoms with Gasteiger partial charge >= 0.3 is 5.97 Å². The van der Waals surface area contributed by atoms with Crippen molar-refractivity contribution in [2.45, 2.75) is 26.2 Å². The largest absolute Gasteiger partial charge is 0.427 e. The molecule has 1 aliphatic rings. The number of benzene rings is 2. The molecule has 1 fully saturated rings. The molecule has 164 valence electrons. The van der Waals surface area contributed by atoms with Gasteiger partial charge in [0.05, 0.1) is 0 Å². The number of anilines is 2. The number of nitrogens with zero attached hydrogens (tertiary/aromatic N) is 3. The predicted octanol–water partition coefficient (Wildman–Crippen LogP) is 4.20. The molecule has 8 nitrogen and oxygen atoms in total. The fraction of sp³-hybridized carbons (Fsp3) is 0.227. The molecule has 32 heavy (non-hydrogen) atoms. The quantitative estimate of drug-likeness (QED) is 0.443. The Kier molecular flexibility index (Phi) is 6.20. The van der Waals surface area contributed by atoms with Crippen molar-refractivity contribution in [3.05, 3.63) is 63.6 Å². The molecule has 1 N–H and O–H groups in total. The van der Waals surface area contributed by atoms with Crippen LogP contribution in [-0.2, 0) is 9.59 Å². The van der Waals surface area contributed by atoms with E-state index in [0.717, 1.165) is 11.3 Å². The number of carbonyl (C=O) groups excluding carboxylic acids is 3. The highest BCUT2D eigenvalue weighted by atomic mass is 35.5. The van der Waals surface area contributed by atoms with Gasteiger partial charge in [-0.2, -0.15) is 0 Å². The van der Waals surface area contributed by atoms with Crippen LogP contribution in [0.15, 0.2) is 42.5 Å². The summed E-state index contributed by atoms with van der Waals surface area (Å²) in [5.41, 5.74) is 2.09. The van der Waals surface area contributed by atoms with E-state index in [-0.39, 0.29) is 17.7 Å². The maximum Gasteiger partial charge on any atom is 0.308 e. The van der Waals surface area contributed by atoms with Crippen LogP contribution in [-0.4, -0.2) is 34.5 Å². The second-order valence-electron chi connectivity index (χ2n) is 7.36. The minimum absolute atomic E-state index is 0.0106. The Morgan fingerprint density at radius 2 is 1.94 bits per heavy atom. The van der Waals surface area contributed by atoms with Crippen LogP contribution in [0.25, 0.3) is 0 Å². The second-order valence-corrected chi connectivity index (χ2v) is 8.77. The van der Waals surface area contributed by atoms with E-state index in [1.807, 2.05) is 19.1 Å². The molecule has 2 aromatic carbocycles. The summed E-state index contributed by atoms with van der Waals surface area (Å²) in [4.78, 5) is 37.7. The van der Waals surface area contributed by atoms with Gasteiger partial charge in [0.15, 0.2) is 0 Å². The van der Waals surface area contributed by atoms with E-state index in [2.05, 4.69) is 15.5 Å². The van der Waals surface area contributed by atoms with E-state index in [4.69, 9.17) is 16.3 Å². The topological polar surface area (TPSA) is 101 Å². The first-order valence-corrected chi connectivity index (χ1v) is 11.0. The molecular formula is C22H19ClN4O4S.